The van der Waals surface area contributed by atoms with Crippen LogP contribution in [0, 0.1) is 0 Å². The molecule has 0 saturated heterocycles. The maximum absolute atomic E-state index is 6.16. The van der Waals surface area contributed by atoms with Crippen molar-refractivity contribution in [3.63, 3.8) is 0 Å². The lowest BCUT2D eigenvalue weighted by atomic mass is 10.3. The molecule has 0 N–H and O–H groups in total. The fraction of sp³-hybridized carbons (Fsp3) is 0.154. The summed E-state index contributed by atoms with van der Waals surface area (Å²) in [6.07, 6.45) is 0. The van der Waals surface area contributed by atoms with Crippen molar-refractivity contribution < 1.29 is 0 Å². The monoisotopic (exact) mass is 296 g/mol. The summed E-state index contributed by atoms with van der Waals surface area (Å²) in [4.78, 5) is 4.51. The van der Waals surface area contributed by atoms with Crippen LogP contribution in [0.5, 0.6) is 0 Å². The molecule has 0 aliphatic carbocycles. The second-order valence-electron chi connectivity index (χ2n) is 3.99. The maximum atomic E-state index is 6.16. The van der Waals surface area contributed by atoms with Gasteiger partial charge in [0, 0.05) is 0 Å². The van der Waals surface area contributed by atoms with E-state index in [1.807, 2.05) is 18.2 Å². The van der Waals surface area contributed by atoms with E-state index in [0.29, 0.717) is 10.9 Å². The second-order valence-corrected chi connectivity index (χ2v) is 5.44. The highest BCUT2D eigenvalue weighted by Gasteiger charge is 2.12. The van der Waals surface area contributed by atoms with E-state index < -0.39 is 0 Å². The molecule has 3 rings (SSSR count). The first-order valence-electron chi connectivity index (χ1n) is 5.50. The molecule has 92 valence electrons. The standard InChI is InChI=1S/C13H10Cl2N2S/c14-6-12-16-13-10(15)2-1-3-11(13)17(12)7-9-4-5-18-8-9/h1-5,8H,6-7H2. The third kappa shape index (κ3) is 2.03. The number of nitrogens with zero attached hydrogens (tertiary/aromatic N) is 2. The lowest BCUT2D eigenvalue weighted by molar-refractivity contribution is 0.781. The van der Waals surface area contributed by atoms with Gasteiger partial charge in [-0.2, -0.15) is 11.3 Å². The number of benzene rings is 1. The Labute approximate surface area is 119 Å². The van der Waals surface area contributed by atoms with Crippen molar-refractivity contribution in [2.45, 2.75) is 12.4 Å². The largest absolute Gasteiger partial charge is 0.322 e. The average molecular weight is 297 g/mol. The van der Waals surface area contributed by atoms with Crippen molar-refractivity contribution in [2.75, 3.05) is 0 Å². The van der Waals surface area contributed by atoms with E-state index in [9.17, 15) is 0 Å². The van der Waals surface area contributed by atoms with E-state index in [1.165, 1.54) is 5.56 Å². The van der Waals surface area contributed by atoms with Crippen LogP contribution in [0.4, 0.5) is 0 Å². The predicted molar refractivity (Wildman–Crippen MR) is 77.7 cm³/mol. The summed E-state index contributed by atoms with van der Waals surface area (Å²) in [6, 6.07) is 7.92. The van der Waals surface area contributed by atoms with Gasteiger partial charge in [0.1, 0.15) is 11.3 Å². The average Bonchev–Trinajstić information content (AvgIpc) is 2.99. The molecule has 0 amide bonds. The molecule has 0 saturated carbocycles. The Kier molecular flexibility index (Phi) is 3.29. The molecule has 18 heavy (non-hydrogen) atoms. The van der Waals surface area contributed by atoms with Crippen molar-refractivity contribution in [1.29, 1.82) is 0 Å². The number of rotatable bonds is 3. The summed E-state index contributed by atoms with van der Waals surface area (Å²) in [7, 11) is 0. The van der Waals surface area contributed by atoms with Crippen molar-refractivity contribution in [1.82, 2.24) is 9.55 Å². The molecule has 1 aromatic carbocycles. The molecule has 0 unspecified atom stereocenters. The zero-order chi connectivity index (χ0) is 12.5. The fourth-order valence-electron chi connectivity index (χ4n) is 2.00. The van der Waals surface area contributed by atoms with Crippen LogP contribution >= 0.6 is 34.5 Å². The first kappa shape index (κ1) is 12.0. The third-order valence-electron chi connectivity index (χ3n) is 2.85. The Bertz CT molecular complexity index is 674. The summed E-state index contributed by atoms with van der Waals surface area (Å²) in [5, 5.41) is 4.87. The van der Waals surface area contributed by atoms with Gasteiger partial charge in [0.25, 0.3) is 0 Å². The van der Waals surface area contributed by atoms with Crippen LogP contribution in [-0.4, -0.2) is 9.55 Å². The molecule has 0 atom stereocenters. The highest BCUT2D eigenvalue weighted by Crippen LogP contribution is 2.25. The van der Waals surface area contributed by atoms with Crippen LogP contribution in [0.25, 0.3) is 11.0 Å². The Hall–Kier alpha value is -1.03. The molecule has 2 aromatic heterocycles. The summed E-state index contributed by atoms with van der Waals surface area (Å²) in [5.74, 6) is 1.24. The minimum absolute atomic E-state index is 0.384. The van der Waals surface area contributed by atoms with Crippen LogP contribution in [0.15, 0.2) is 35.0 Å². The summed E-state index contributed by atoms with van der Waals surface area (Å²) >= 11 is 13.8. The summed E-state index contributed by atoms with van der Waals surface area (Å²) < 4.78 is 2.12. The maximum Gasteiger partial charge on any atom is 0.125 e. The van der Waals surface area contributed by atoms with Crippen LogP contribution < -0.4 is 0 Å². The molecule has 2 heterocycles. The SMILES string of the molecule is ClCc1nc2c(Cl)cccc2n1Cc1ccsc1. The number of alkyl halides is 1. The zero-order valence-electron chi connectivity index (χ0n) is 9.44. The lowest BCUT2D eigenvalue weighted by Crippen LogP contribution is -2.02. The first-order valence-corrected chi connectivity index (χ1v) is 7.36. The molecule has 0 aliphatic heterocycles. The minimum Gasteiger partial charge on any atom is -0.322 e. The highest BCUT2D eigenvalue weighted by molar-refractivity contribution is 7.07. The molecule has 0 aliphatic rings. The van der Waals surface area contributed by atoms with Crippen molar-refractivity contribution >= 4 is 45.6 Å². The fourth-order valence-corrected chi connectivity index (χ4v) is 3.08. The first-order chi connectivity index (χ1) is 8.79. The van der Waals surface area contributed by atoms with E-state index in [-0.39, 0.29) is 0 Å². The Morgan fingerprint density at radius 1 is 1.28 bits per heavy atom. The van der Waals surface area contributed by atoms with Gasteiger partial charge >= 0.3 is 0 Å². The predicted octanol–water partition coefficient (Wildman–Crippen LogP) is 4.54. The second kappa shape index (κ2) is 4.92. The summed E-state index contributed by atoms with van der Waals surface area (Å²) in [6.45, 7) is 0.780. The topological polar surface area (TPSA) is 17.8 Å². The zero-order valence-corrected chi connectivity index (χ0v) is 11.8. The van der Waals surface area contributed by atoms with Crippen molar-refractivity contribution in [2.24, 2.45) is 0 Å². The van der Waals surface area contributed by atoms with Gasteiger partial charge in [-0.05, 0) is 34.5 Å². The van der Waals surface area contributed by atoms with E-state index in [4.69, 9.17) is 23.2 Å². The van der Waals surface area contributed by atoms with Gasteiger partial charge < -0.3 is 4.57 Å². The van der Waals surface area contributed by atoms with Crippen molar-refractivity contribution in [3.05, 3.63) is 51.4 Å². The smallest absolute Gasteiger partial charge is 0.125 e. The third-order valence-corrected chi connectivity index (χ3v) is 4.13. The number of aromatic nitrogens is 2. The van der Waals surface area contributed by atoms with Gasteiger partial charge in [0.05, 0.1) is 23.0 Å². The number of imidazole rings is 1. The van der Waals surface area contributed by atoms with Gasteiger partial charge in [-0.25, -0.2) is 4.98 Å². The number of fused-ring (bicyclic) bond motifs is 1. The van der Waals surface area contributed by atoms with Gasteiger partial charge in [0.2, 0.25) is 0 Å². The van der Waals surface area contributed by atoms with Gasteiger partial charge in [-0.15, -0.1) is 11.6 Å². The van der Waals surface area contributed by atoms with E-state index >= 15 is 0 Å². The Balaban J connectivity index is 2.17. The van der Waals surface area contributed by atoms with Crippen molar-refractivity contribution in [3.8, 4) is 0 Å². The van der Waals surface area contributed by atoms with Crippen LogP contribution in [-0.2, 0) is 12.4 Å². The van der Waals surface area contributed by atoms with Crippen LogP contribution in [0.2, 0.25) is 5.02 Å². The Morgan fingerprint density at radius 3 is 2.89 bits per heavy atom. The molecule has 2 nitrogen and oxygen atoms in total. The minimum atomic E-state index is 0.384. The highest BCUT2D eigenvalue weighted by atomic mass is 35.5. The lowest BCUT2D eigenvalue weighted by Gasteiger charge is -2.06. The molecular formula is C13H10Cl2N2S. The molecular weight excluding hydrogens is 287 g/mol. The van der Waals surface area contributed by atoms with E-state index in [0.717, 1.165) is 23.4 Å². The Morgan fingerprint density at radius 2 is 2.17 bits per heavy atom. The quantitative estimate of drug-likeness (QED) is 0.649. The van der Waals surface area contributed by atoms with Crippen LogP contribution in [0.3, 0.4) is 0 Å². The van der Waals surface area contributed by atoms with Gasteiger partial charge in [-0.1, -0.05) is 17.7 Å². The summed E-state index contributed by atoms with van der Waals surface area (Å²) in [5.41, 5.74) is 3.11. The molecule has 0 fully saturated rings. The number of thiophene rings is 1. The van der Waals surface area contributed by atoms with Crippen LogP contribution in [0.1, 0.15) is 11.4 Å². The molecule has 5 heteroatoms. The van der Waals surface area contributed by atoms with Gasteiger partial charge in [-0.3, -0.25) is 0 Å². The molecule has 0 radical (unpaired) electrons. The normalized spacial score (nSPS) is 11.2. The molecule has 0 spiro atoms. The number of para-hydroxylation sites is 1. The van der Waals surface area contributed by atoms with E-state index in [2.05, 4.69) is 26.4 Å². The number of halogens is 2. The number of hydrogen-bond donors (Lipinski definition) is 0. The van der Waals surface area contributed by atoms with Gasteiger partial charge in [0.15, 0.2) is 0 Å². The molecule has 3 aromatic rings. The van der Waals surface area contributed by atoms with E-state index in [1.54, 1.807) is 11.3 Å². The molecule has 0 bridgehead atoms. The number of hydrogen-bond acceptors (Lipinski definition) is 2.